The Labute approximate surface area is 202 Å². The van der Waals surface area contributed by atoms with Gasteiger partial charge in [-0.2, -0.15) is 18.3 Å². The smallest absolute Gasteiger partial charge is 0.416 e. The Bertz CT molecular complexity index is 1210. The van der Waals surface area contributed by atoms with Gasteiger partial charge >= 0.3 is 6.18 Å². The molecule has 0 heterocycles. The molecule has 3 aromatic rings. The van der Waals surface area contributed by atoms with Crippen LogP contribution in [0.15, 0.2) is 76.3 Å². The number of halogens is 4. The molecule has 0 fully saturated rings. The molecule has 0 aliphatic rings. The summed E-state index contributed by atoms with van der Waals surface area (Å²) in [5.74, 6) is -0.677. The van der Waals surface area contributed by atoms with Gasteiger partial charge in [-0.1, -0.05) is 23.8 Å². The number of aryl methyl sites for hydroxylation is 1. The summed E-state index contributed by atoms with van der Waals surface area (Å²) < 4.78 is 44.4. The van der Waals surface area contributed by atoms with Crippen molar-refractivity contribution in [3.05, 3.63) is 93.5 Å². The van der Waals surface area contributed by atoms with E-state index >= 15 is 0 Å². The lowest BCUT2D eigenvalue weighted by Gasteiger charge is -2.10. The summed E-state index contributed by atoms with van der Waals surface area (Å²) in [5, 5.41) is 6.51. The van der Waals surface area contributed by atoms with E-state index in [1.165, 1.54) is 12.3 Å². The SMILES string of the molecule is Cc1ccc(NC(=O)COc2ccc(/C=N\NC(=O)c3cccc(C(F)(F)F)c3)cc2Br)cc1. The molecule has 176 valence electrons. The van der Waals surface area contributed by atoms with E-state index in [0.29, 0.717) is 21.5 Å². The van der Waals surface area contributed by atoms with E-state index in [4.69, 9.17) is 4.74 Å². The second-order valence-corrected chi connectivity index (χ2v) is 8.02. The second kappa shape index (κ2) is 11.0. The Balaban J connectivity index is 1.54. The van der Waals surface area contributed by atoms with Crippen LogP contribution in [0.4, 0.5) is 18.9 Å². The van der Waals surface area contributed by atoms with Gasteiger partial charge in [0.2, 0.25) is 0 Å². The van der Waals surface area contributed by atoms with Crippen molar-refractivity contribution in [3.63, 3.8) is 0 Å². The van der Waals surface area contributed by atoms with Crippen molar-refractivity contribution in [3.8, 4) is 5.75 Å². The van der Waals surface area contributed by atoms with E-state index in [-0.39, 0.29) is 18.1 Å². The first-order valence-corrected chi connectivity index (χ1v) is 10.7. The zero-order valence-electron chi connectivity index (χ0n) is 17.8. The Morgan fingerprint density at radius 2 is 1.79 bits per heavy atom. The summed E-state index contributed by atoms with van der Waals surface area (Å²) in [4.78, 5) is 24.1. The summed E-state index contributed by atoms with van der Waals surface area (Å²) in [7, 11) is 0. The Morgan fingerprint density at radius 3 is 2.47 bits per heavy atom. The van der Waals surface area contributed by atoms with Crippen LogP contribution in [-0.2, 0) is 11.0 Å². The maximum atomic E-state index is 12.8. The number of amides is 2. The lowest BCUT2D eigenvalue weighted by atomic mass is 10.1. The molecule has 0 spiro atoms. The van der Waals surface area contributed by atoms with Crippen molar-refractivity contribution < 1.29 is 27.5 Å². The first-order valence-electron chi connectivity index (χ1n) is 9.91. The van der Waals surface area contributed by atoms with Crippen molar-refractivity contribution >= 4 is 39.6 Å². The van der Waals surface area contributed by atoms with Crippen LogP contribution in [0.3, 0.4) is 0 Å². The topological polar surface area (TPSA) is 79.8 Å². The Kier molecular flexibility index (Phi) is 8.06. The van der Waals surface area contributed by atoms with E-state index in [1.807, 2.05) is 19.1 Å². The van der Waals surface area contributed by atoms with Gasteiger partial charge in [0.15, 0.2) is 6.61 Å². The van der Waals surface area contributed by atoms with Gasteiger partial charge in [0.25, 0.3) is 11.8 Å². The quantitative estimate of drug-likeness (QED) is 0.308. The fraction of sp³-hybridized carbons (Fsp3) is 0.125. The molecule has 0 aromatic heterocycles. The molecular weight excluding hydrogens is 515 g/mol. The number of benzene rings is 3. The summed E-state index contributed by atoms with van der Waals surface area (Å²) in [5.41, 5.74) is 3.43. The second-order valence-electron chi connectivity index (χ2n) is 7.17. The number of hydrogen-bond donors (Lipinski definition) is 2. The maximum absolute atomic E-state index is 12.8. The zero-order valence-corrected chi connectivity index (χ0v) is 19.4. The predicted molar refractivity (Wildman–Crippen MR) is 126 cm³/mol. The lowest BCUT2D eigenvalue weighted by Crippen LogP contribution is -2.20. The molecule has 10 heteroatoms. The van der Waals surface area contributed by atoms with Gasteiger partial charge in [-0.25, -0.2) is 5.43 Å². The fourth-order valence-corrected chi connectivity index (χ4v) is 3.27. The normalized spacial score (nSPS) is 11.3. The maximum Gasteiger partial charge on any atom is 0.416 e. The molecule has 3 aromatic carbocycles. The van der Waals surface area contributed by atoms with Crippen molar-refractivity contribution in [2.75, 3.05) is 11.9 Å². The van der Waals surface area contributed by atoms with Crippen LogP contribution in [0.5, 0.6) is 5.75 Å². The third kappa shape index (κ3) is 7.17. The van der Waals surface area contributed by atoms with E-state index < -0.39 is 17.6 Å². The highest BCUT2D eigenvalue weighted by molar-refractivity contribution is 9.10. The molecular formula is C24H19BrF3N3O3. The molecule has 0 saturated heterocycles. The molecule has 3 rings (SSSR count). The first kappa shape index (κ1) is 25.0. The van der Waals surface area contributed by atoms with E-state index in [1.54, 1.807) is 30.3 Å². The van der Waals surface area contributed by atoms with E-state index in [9.17, 15) is 22.8 Å². The highest BCUT2D eigenvalue weighted by atomic mass is 79.9. The van der Waals surface area contributed by atoms with Crippen LogP contribution < -0.4 is 15.5 Å². The standard InChI is InChI=1S/C24H19BrF3N3O3/c1-15-5-8-19(9-6-15)30-22(32)14-34-21-10-7-16(11-20(21)25)13-29-31-23(33)17-3-2-4-18(12-17)24(26,27)28/h2-13H,14H2,1H3,(H,30,32)(H,31,33)/b29-13-. The highest BCUT2D eigenvalue weighted by Crippen LogP contribution is 2.29. The van der Waals surface area contributed by atoms with Crippen LogP contribution in [0.1, 0.15) is 27.0 Å². The third-order valence-electron chi connectivity index (χ3n) is 4.48. The molecule has 0 radical (unpaired) electrons. The number of rotatable bonds is 7. The van der Waals surface area contributed by atoms with Gasteiger partial charge in [0.05, 0.1) is 16.3 Å². The molecule has 0 atom stereocenters. The van der Waals surface area contributed by atoms with Crippen LogP contribution >= 0.6 is 15.9 Å². The van der Waals surface area contributed by atoms with Gasteiger partial charge in [-0.15, -0.1) is 0 Å². The van der Waals surface area contributed by atoms with Crippen LogP contribution in [0, 0.1) is 6.92 Å². The summed E-state index contributed by atoms with van der Waals surface area (Å²) in [6.07, 6.45) is -3.22. The summed E-state index contributed by atoms with van der Waals surface area (Å²) >= 11 is 3.34. The predicted octanol–water partition coefficient (Wildman–Crippen LogP) is 5.56. The van der Waals surface area contributed by atoms with Crippen LogP contribution in [0.25, 0.3) is 0 Å². The van der Waals surface area contributed by atoms with E-state index in [2.05, 4.69) is 31.8 Å². The molecule has 0 aliphatic carbocycles. The number of hydrogen-bond acceptors (Lipinski definition) is 4. The number of nitrogens with zero attached hydrogens (tertiary/aromatic N) is 1. The number of carbonyl (C=O) groups is 2. The summed E-state index contributed by atoms with van der Waals surface area (Å²) in [6.45, 7) is 1.75. The lowest BCUT2D eigenvalue weighted by molar-refractivity contribution is -0.137. The number of nitrogens with one attached hydrogen (secondary N) is 2. The van der Waals surface area contributed by atoms with Crippen molar-refractivity contribution in [1.82, 2.24) is 5.43 Å². The molecule has 0 saturated carbocycles. The molecule has 0 aliphatic heterocycles. The van der Waals surface area contributed by atoms with Gasteiger partial charge in [-0.05, 0) is 76.9 Å². The number of alkyl halides is 3. The van der Waals surface area contributed by atoms with Crippen molar-refractivity contribution in [1.29, 1.82) is 0 Å². The average molecular weight is 534 g/mol. The number of hydrazone groups is 1. The first-order chi connectivity index (χ1) is 16.1. The fourth-order valence-electron chi connectivity index (χ4n) is 2.76. The molecule has 34 heavy (non-hydrogen) atoms. The minimum atomic E-state index is -4.54. The van der Waals surface area contributed by atoms with Gasteiger partial charge in [-0.3, -0.25) is 9.59 Å². The number of ether oxygens (including phenoxy) is 1. The van der Waals surface area contributed by atoms with Crippen molar-refractivity contribution in [2.24, 2.45) is 5.10 Å². The molecule has 6 nitrogen and oxygen atoms in total. The Morgan fingerprint density at radius 1 is 1.06 bits per heavy atom. The molecule has 2 N–H and O–H groups in total. The van der Waals surface area contributed by atoms with E-state index in [0.717, 1.165) is 23.8 Å². The highest BCUT2D eigenvalue weighted by Gasteiger charge is 2.30. The third-order valence-corrected chi connectivity index (χ3v) is 5.10. The number of carbonyl (C=O) groups excluding carboxylic acids is 2. The van der Waals surface area contributed by atoms with Gasteiger partial charge < -0.3 is 10.1 Å². The van der Waals surface area contributed by atoms with Crippen LogP contribution in [0.2, 0.25) is 0 Å². The molecule has 0 unspecified atom stereocenters. The van der Waals surface area contributed by atoms with Gasteiger partial charge in [0, 0.05) is 11.3 Å². The molecule has 2 amide bonds. The molecule has 0 bridgehead atoms. The average Bonchev–Trinajstić information content (AvgIpc) is 2.79. The number of anilines is 1. The zero-order chi connectivity index (χ0) is 24.7. The summed E-state index contributed by atoms with van der Waals surface area (Å²) in [6, 6.07) is 16.3. The monoisotopic (exact) mass is 533 g/mol. The minimum Gasteiger partial charge on any atom is -0.483 e. The Hall–Kier alpha value is -3.66. The van der Waals surface area contributed by atoms with Crippen LogP contribution in [-0.4, -0.2) is 24.6 Å². The van der Waals surface area contributed by atoms with Crippen molar-refractivity contribution in [2.45, 2.75) is 13.1 Å². The largest absolute Gasteiger partial charge is 0.483 e. The van der Waals surface area contributed by atoms with Gasteiger partial charge in [0.1, 0.15) is 5.75 Å². The minimum absolute atomic E-state index is 0.166.